The van der Waals surface area contributed by atoms with E-state index in [1.807, 2.05) is 11.0 Å². The van der Waals surface area contributed by atoms with E-state index in [4.69, 9.17) is 11.1 Å². The van der Waals surface area contributed by atoms with Gasteiger partial charge in [0.25, 0.3) is 0 Å². The van der Waals surface area contributed by atoms with Crippen LogP contribution in [0.5, 0.6) is 0 Å². The second-order valence-electron chi connectivity index (χ2n) is 6.92. The van der Waals surface area contributed by atoms with Gasteiger partial charge in [0.2, 0.25) is 0 Å². The lowest BCUT2D eigenvalue weighted by Gasteiger charge is -2.25. The summed E-state index contributed by atoms with van der Waals surface area (Å²) in [5.41, 5.74) is 9.50. The van der Waals surface area contributed by atoms with Crippen LogP contribution in [-0.4, -0.2) is 12.5 Å². The van der Waals surface area contributed by atoms with Gasteiger partial charge in [0, 0.05) is 12.2 Å². The quantitative estimate of drug-likeness (QED) is 0.638. The number of nitrogens with one attached hydrogen (secondary N) is 1. The largest absolute Gasteiger partial charge is 0.370 e. The lowest BCUT2D eigenvalue weighted by Crippen LogP contribution is -2.37. The molecule has 2 rings (SSSR count). The third-order valence-electron chi connectivity index (χ3n) is 4.03. The zero-order valence-corrected chi connectivity index (χ0v) is 14.3. The maximum Gasteiger partial charge on any atom is 0.192 e. The van der Waals surface area contributed by atoms with Crippen molar-refractivity contribution in [3.8, 4) is 0 Å². The SMILES string of the molecule is CC(C)(C)c1ccc(N(CCCc2ccccc2)C(=N)N)cc1. The molecule has 2 aromatic rings. The van der Waals surface area contributed by atoms with E-state index < -0.39 is 0 Å². The van der Waals surface area contributed by atoms with E-state index in [-0.39, 0.29) is 11.4 Å². The molecule has 2 aromatic carbocycles. The second kappa shape index (κ2) is 7.32. The summed E-state index contributed by atoms with van der Waals surface area (Å²) < 4.78 is 0. The number of nitrogens with two attached hydrogens (primary N) is 1. The van der Waals surface area contributed by atoms with Crippen molar-refractivity contribution in [3.63, 3.8) is 0 Å². The van der Waals surface area contributed by atoms with E-state index in [1.54, 1.807) is 0 Å². The van der Waals surface area contributed by atoms with Crippen LogP contribution in [0.2, 0.25) is 0 Å². The molecule has 0 saturated heterocycles. The van der Waals surface area contributed by atoms with Crippen molar-refractivity contribution in [1.29, 1.82) is 5.41 Å². The Hall–Kier alpha value is -2.29. The van der Waals surface area contributed by atoms with E-state index in [1.165, 1.54) is 11.1 Å². The van der Waals surface area contributed by atoms with E-state index in [0.29, 0.717) is 0 Å². The molecule has 0 bridgehead atoms. The Morgan fingerprint density at radius 1 is 1.00 bits per heavy atom. The van der Waals surface area contributed by atoms with E-state index in [9.17, 15) is 0 Å². The molecule has 0 atom stereocenters. The first-order valence-electron chi connectivity index (χ1n) is 8.14. The van der Waals surface area contributed by atoms with Gasteiger partial charge >= 0.3 is 0 Å². The summed E-state index contributed by atoms with van der Waals surface area (Å²) in [7, 11) is 0. The van der Waals surface area contributed by atoms with E-state index >= 15 is 0 Å². The molecule has 0 aliphatic heterocycles. The number of benzene rings is 2. The molecule has 3 nitrogen and oxygen atoms in total. The molecule has 0 aromatic heterocycles. The molecule has 0 radical (unpaired) electrons. The first-order valence-corrected chi connectivity index (χ1v) is 8.14. The summed E-state index contributed by atoms with van der Waals surface area (Å²) in [5.74, 6) is 0.0987. The highest BCUT2D eigenvalue weighted by molar-refractivity contribution is 5.92. The number of hydrogen-bond donors (Lipinski definition) is 2. The van der Waals surface area contributed by atoms with Crippen molar-refractivity contribution in [2.45, 2.75) is 39.0 Å². The van der Waals surface area contributed by atoms with Crippen molar-refractivity contribution in [2.24, 2.45) is 5.73 Å². The topological polar surface area (TPSA) is 53.1 Å². The number of anilines is 1. The molecule has 0 aliphatic rings. The zero-order valence-electron chi connectivity index (χ0n) is 14.3. The van der Waals surface area contributed by atoms with Crippen LogP contribution >= 0.6 is 0 Å². The molecule has 0 unspecified atom stereocenters. The lowest BCUT2D eigenvalue weighted by molar-refractivity contribution is 0.590. The highest BCUT2D eigenvalue weighted by Crippen LogP contribution is 2.25. The zero-order chi connectivity index (χ0) is 16.9. The number of guanidine groups is 1. The molecular formula is C20H27N3. The van der Waals surface area contributed by atoms with Gasteiger partial charge in [0.05, 0.1) is 0 Å². The molecule has 0 spiro atoms. The van der Waals surface area contributed by atoms with Crippen LogP contribution in [0.15, 0.2) is 54.6 Å². The maximum absolute atomic E-state index is 7.85. The molecule has 0 aliphatic carbocycles. The molecular weight excluding hydrogens is 282 g/mol. The van der Waals surface area contributed by atoms with Gasteiger partial charge in [-0.2, -0.15) is 0 Å². The predicted octanol–water partition coefficient (Wildman–Crippen LogP) is 4.32. The van der Waals surface area contributed by atoms with E-state index in [0.717, 1.165) is 25.1 Å². The molecule has 3 N–H and O–H groups in total. The van der Waals surface area contributed by atoms with Crippen molar-refractivity contribution >= 4 is 11.6 Å². The Morgan fingerprint density at radius 2 is 1.61 bits per heavy atom. The summed E-state index contributed by atoms with van der Waals surface area (Å²) in [5, 5.41) is 7.85. The second-order valence-corrected chi connectivity index (χ2v) is 6.92. The van der Waals surface area contributed by atoms with Gasteiger partial charge in [-0.3, -0.25) is 5.41 Å². The van der Waals surface area contributed by atoms with Gasteiger partial charge in [-0.15, -0.1) is 0 Å². The first kappa shape index (κ1) is 17.1. The molecule has 122 valence electrons. The third-order valence-corrected chi connectivity index (χ3v) is 4.03. The molecule has 0 saturated carbocycles. The standard InChI is InChI=1S/C20H27N3/c1-20(2,3)17-11-13-18(14-12-17)23(19(21)22)15-7-10-16-8-5-4-6-9-16/h4-6,8-9,11-14H,7,10,15H2,1-3H3,(H3,21,22). The van der Waals surface area contributed by atoms with E-state index in [2.05, 4.69) is 69.3 Å². The predicted molar refractivity (Wildman–Crippen MR) is 99.2 cm³/mol. The molecule has 0 fully saturated rings. The summed E-state index contributed by atoms with van der Waals surface area (Å²) in [4.78, 5) is 1.87. The Morgan fingerprint density at radius 3 is 2.13 bits per heavy atom. The minimum Gasteiger partial charge on any atom is -0.370 e. The summed E-state index contributed by atoms with van der Waals surface area (Å²) in [6, 6.07) is 18.8. The molecule has 0 heterocycles. The van der Waals surface area contributed by atoms with Crippen molar-refractivity contribution in [3.05, 3.63) is 65.7 Å². The van der Waals surface area contributed by atoms with Gasteiger partial charge in [-0.1, -0.05) is 63.2 Å². The van der Waals surface area contributed by atoms with Crippen LogP contribution < -0.4 is 10.6 Å². The highest BCUT2D eigenvalue weighted by Gasteiger charge is 2.15. The average Bonchev–Trinajstić information content (AvgIpc) is 2.51. The minimum absolute atomic E-state index is 0.0987. The maximum atomic E-state index is 7.85. The van der Waals surface area contributed by atoms with Gasteiger partial charge in [-0.05, 0) is 41.5 Å². The summed E-state index contributed by atoms with van der Waals surface area (Å²) in [6.07, 6.45) is 1.95. The van der Waals surface area contributed by atoms with Gasteiger partial charge in [-0.25, -0.2) is 0 Å². The molecule has 3 heteroatoms. The van der Waals surface area contributed by atoms with Crippen LogP contribution in [0.25, 0.3) is 0 Å². The van der Waals surface area contributed by atoms with Gasteiger partial charge < -0.3 is 10.6 Å². The number of rotatable bonds is 5. The van der Waals surface area contributed by atoms with Crippen LogP contribution in [-0.2, 0) is 11.8 Å². The lowest BCUT2D eigenvalue weighted by atomic mass is 9.87. The van der Waals surface area contributed by atoms with Crippen LogP contribution in [0.3, 0.4) is 0 Å². The number of nitrogens with zero attached hydrogens (tertiary/aromatic N) is 1. The third kappa shape index (κ3) is 4.85. The number of hydrogen-bond acceptors (Lipinski definition) is 1. The summed E-state index contributed by atoms with van der Waals surface area (Å²) >= 11 is 0. The summed E-state index contributed by atoms with van der Waals surface area (Å²) in [6.45, 7) is 7.35. The minimum atomic E-state index is 0.0987. The Labute approximate surface area is 139 Å². The molecule has 0 amide bonds. The number of aryl methyl sites for hydroxylation is 1. The van der Waals surface area contributed by atoms with Crippen LogP contribution in [0.4, 0.5) is 5.69 Å². The molecule has 23 heavy (non-hydrogen) atoms. The fourth-order valence-corrected chi connectivity index (χ4v) is 2.62. The van der Waals surface area contributed by atoms with Crippen molar-refractivity contribution in [1.82, 2.24) is 0 Å². The average molecular weight is 309 g/mol. The highest BCUT2D eigenvalue weighted by atomic mass is 15.2. The Balaban J connectivity index is 2.02. The van der Waals surface area contributed by atoms with Crippen LogP contribution in [0, 0.1) is 5.41 Å². The van der Waals surface area contributed by atoms with Crippen molar-refractivity contribution in [2.75, 3.05) is 11.4 Å². The van der Waals surface area contributed by atoms with Gasteiger partial charge in [0.15, 0.2) is 5.96 Å². The monoisotopic (exact) mass is 309 g/mol. The van der Waals surface area contributed by atoms with Crippen LogP contribution in [0.1, 0.15) is 38.3 Å². The smallest absolute Gasteiger partial charge is 0.192 e. The Bertz CT molecular complexity index is 624. The van der Waals surface area contributed by atoms with Crippen molar-refractivity contribution < 1.29 is 0 Å². The normalized spacial score (nSPS) is 11.3. The fraction of sp³-hybridized carbons (Fsp3) is 0.350. The fourth-order valence-electron chi connectivity index (χ4n) is 2.62. The first-order chi connectivity index (χ1) is 10.9. The Kier molecular flexibility index (Phi) is 5.43. The van der Waals surface area contributed by atoms with Gasteiger partial charge in [0.1, 0.15) is 0 Å².